The van der Waals surface area contributed by atoms with Crippen molar-refractivity contribution in [3.63, 3.8) is 0 Å². The number of benzene rings is 1. The Morgan fingerprint density at radius 1 is 1.40 bits per heavy atom. The van der Waals surface area contributed by atoms with E-state index in [-0.39, 0.29) is 0 Å². The van der Waals surface area contributed by atoms with Gasteiger partial charge in [-0.2, -0.15) is 0 Å². The summed E-state index contributed by atoms with van der Waals surface area (Å²) in [5.41, 5.74) is 0. The van der Waals surface area contributed by atoms with Gasteiger partial charge in [0.2, 0.25) is 0 Å². The summed E-state index contributed by atoms with van der Waals surface area (Å²) < 4.78 is 1.14. The standard InChI is InChI=1S/C8H6BrN/c9-7-2-1-3-8-6(7)4-5-10-8/h1-4H,5H2. The molecule has 0 saturated carbocycles. The van der Waals surface area contributed by atoms with E-state index in [2.05, 4.69) is 27.0 Å². The van der Waals surface area contributed by atoms with E-state index >= 15 is 0 Å². The van der Waals surface area contributed by atoms with Crippen LogP contribution in [0.1, 0.15) is 0 Å². The molecule has 50 valence electrons. The molecule has 0 saturated heterocycles. The molecule has 0 bridgehead atoms. The van der Waals surface area contributed by atoms with Gasteiger partial charge in [-0.15, -0.1) is 0 Å². The average molecular weight is 196 g/mol. The molecule has 1 heterocycles. The largest absolute Gasteiger partial charge is 0.281 e. The number of hydrogen-bond donors (Lipinski definition) is 0. The van der Waals surface area contributed by atoms with Gasteiger partial charge in [0.1, 0.15) is 0 Å². The molecule has 0 N–H and O–H groups in total. The van der Waals surface area contributed by atoms with Crippen LogP contribution in [0.5, 0.6) is 0 Å². The van der Waals surface area contributed by atoms with Crippen LogP contribution >= 0.6 is 15.9 Å². The maximum absolute atomic E-state index is 4.27. The Labute approximate surface area is 67.2 Å². The summed E-state index contributed by atoms with van der Waals surface area (Å²) in [6.07, 6.45) is 2.12. The van der Waals surface area contributed by atoms with E-state index in [4.69, 9.17) is 0 Å². The zero-order valence-corrected chi connectivity index (χ0v) is 6.93. The second-order valence-electron chi connectivity index (χ2n) is 2.22. The topological polar surface area (TPSA) is 12.4 Å². The fraction of sp³-hybridized carbons (Fsp3) is 0.125. The van der Waals surface area contributed by atoms with Gasteiger partial charge in [-0.05, 0) is 12.1 Å². The van der Waals surface area contributed by atoms with E-state index in [1.165, 1.54) is 5.22 Å². The second kappa shape index (κ2) is 2.20. The minimum Gasteiger partial charge on any atom is -0.281 e. The summed E-state index contributed by atoms with van der Waals surface area (Å²) in [7, 11) is 0. The molecular weight excluding hydrogens is 190 g/mol. The first kappa shape index (κ1) is 6.10. The lowest BCUT2D eigenvalue weighted by atomic mass is 10.3. The summed E-state index contributed by atoms with van der Waals surface area (Å²) >= 11 is 3.46. The third kappa shape index (κ3) is 0.797. The highest BCUT2D eigenvalue weighted by Crippen LogP contribution is 1.99. The first-order valence-electron chi connectivity index (χ1n) is 3.17. The van der Waals surface area contributed by atoms with Crippen molar-refractivity contribution in [1.29, 1.82) is 0 Å². The summed E-state index contributed by atoms with van der Waals surface area (Å²) in [6.45, 7) is 0.831. The van der Waals surface area contributed by atoms with Crippen LogP contribution in [0.15, 0.2) is 27.7 Å². The van der Waals surface area contributed by atoms with E-state index in [1.807, 2.05) is 18.2 Å². The fourth-order valence-electron chi connectivity index (χ4n) is 1.10. The van der Waals surface area contributed by atoms with Crippen molar-refractivity contribution in [3.8, 4) is 0 Å². The zero-order valence-electron chi connectivity index (χ0n) is 5.34. The summed E-state index contributed by atoms with van der Waals surface area (Å²) in [6, 6.07) is 6.07. The van der Waals surface area contributed by atoms with Gasteiger partial charge in [0.25, 0.3) is 0 Å². The van der Waals surface area contributed by atoms with E-state index in [0.717, 1.165) is 16.4 Å². The molecule has 0 fully saturated rings. The molecule has 0 radical (unpaired) electrons. The number of fused-ring (bicyclic) bond motifs is 1. The van der Waals surface area contributed by atoms with Gasteiger partial charge in [0, 0.05) is 9.69 Å². The molecule has 0 aromatic heterocycles. The van der Waals surface area contributed by atoms with E-state index in [1.54, 1.807) is 0 Å². The molecule has 2 rings (SSSR count). The van der Waals surface area contributed by atoms with E-state index < -0.39 is 0 Å². The van der Waals surface area contributed by atoms with Crippen molar-refractivity contribution in [2.75, 3.05) is 6.54 Å². The summed E-state index contributed by atoms with van der Waals surface area (Å²) in [4.78, 5) is 4.27. The zero-order chi connectivity index (χ0) is 6.97. The van der Waals surface area contributed by atoms with Gasteiger partial charge >= 0.3 is 0 Å². The molecule has 0 amide bonds. The smallest absolute Gasteiger partial charge is 0.0659 e. The first-order chi connectivity index (χ1) is 4.88. The third-order valence-electron chi connectivity index (χ3n) is 1.59. The SMILES string of the molecule is Brc1cccc2c1=CCN=2. The van der Waals surface area contributed by atoms with E-state index in [0.29, 0.717) is 0 Å². The van der Waals surface area contributed by atoms with Crippen molar-refractivity contribution in [2.45, 2.75) is 0 Å². The molecule has 10 heavy (non-hydrogen) atoms. The van der Waals surface area contributed by atoms with Crippen LogP contribution in [0.25, 0.3) is 6.08 Å². The highest BCUT2D eigenvalue weighted by atomic mass is 79.9. The van der Waals surface area contributed by atoms with Crippen LogP contribution in [0.2, 0.25) is 0 Å². The summed E-state index contributed by atoms with van der Waals surface area (Å²) in [5.74, 6) is 0. The quantitative estimate of drug-likeness (QED) is 0.583. The van der Waals surface area contributed by atoms with Crippen molar-refractivity contribution in [1.82, 2.24) is 0 Å². The van der Waals surface area contributed by atoms with Gasteiger partial charge in [-0.1, -0.05) is 28.1 Å². The number of halogens is 1. The van der Waals surface area contributed by atoms with Crippen LogP contribution in [-0.4, -0.2) is 6.54 Å². The molecule has 1 aliphatic heterocycles. The van der Waals surface area contributed by atoms with Gasteiger partial charge in [-0.3, -0.25) is 4.99 Å². The molecule has 0 spiro atoms. The minimum absolute atomic E-state index is 0.831. The maximum atomic E-state index is 4.27. The molecule has 0 unspecified atom stereocenters. The third-order valence-corrected chi connectivity index (χ3v) is 2.28. The molecular formula is C8H6BrN. The van der Waals surface area contributed by atoms with E-state index in [9.17, 15) is 0 Å². The fourth-order valence-corrected chi connectivity index (χ4v) is 1.62. The van der Waals surface area contributed by atoms with Crippen LogP contribution < -0.4 is 10.6 Å². The normalized spacial score (nSPS) is 13.7. The Balaban J connectivity index is 2.97. The maximum Gasteiger partial charge on any atom is 0.0659 e. The Morgan fingerprint density at radius 3 is 3.10 bits per heavy atom. The molecule has 1 aliphatic rings. The van der Waals surface area contributed by atoms with Gasteiger partial charge in [-0.25, -0.2) is 0 Å². The molecule has 1 aromatic carbocycles. The minimum atomic E-state index is 0.831. The lowest BCUT2D eigenvalue weighted by molar-refractivity contribution is 1.22. The monoisotopic (exact) mass is 195 g/mol. The predicted molar refractivity (Wildman–Crippen MR) is 44.3 cm³/mol. The predicted octanol–water partition coefficient (Wildman–Crippen LogP) is 0.863. The Hall–Kier alpha value is -0.630. The number of rotatable bonds is 0. The molecule has 1 aromatic rings. The van der Waals surface area contributed by atoms with Crippen LogP contribution in [0, 0.1) is 0 Å². The highest BCUT2D eigenvalue weighted by molar-refractivity contribution is 9.10. The van der Waals surface area contributed by atoms with Crippen LogP contribution in [0.4, 0.5) is 0 Å². The average Bonchev–Trinajstić information content (AvgIpc) is 2.36. The van der Waals surface area contributed by atoms with Crippen molar-refractivity contribution < 1.29 is 0 Å². The molecule has 1 nitrogen and oxygen atoms in total. The highest BCUT2D eigenvalue weighted by Gasteiger charge is 1.96. The lowest BCUT2D eigenvalue weighted by Gasteiger charge is -1.86. The van der Waals surface area contributed by atoms with Crippen molar-refractivity contribution in [3.05, 3.63) is 33.2 Å². The second-order valence-corrected chi connectivity index (χ2v) is 3.07. The van der Waals surface area contributed by atoms with Crippen molar-refractivity contribution in [2.24, 2.45) is 4.99 Å². The molecule has 2 heteroatoms. The first-order valence-corrected chi connectivity index (χ1v) is 3.96. The van der Waals surface area contributed by atoms with Crippen LogP contribution in [0.3, 0.4) is 0 Å². The van der Waals surface area contributed by atoms with Gasteiger partial charge < -0.3 is 0 Å². The Morgan fingerprint density at radius 2 is 2.30 bits per heavy atom. The Bertz CT molecular complexity index is 367. The van der Waals surface area contributed by atoms with Gasteiger partial charge in [0.15, 0.2) is 0 Å². The summed E-state index contributed by atoms with van der Waals surface area (Å²) in [5, 5.41) is 2.34. The van der Waals surface area contributed by atoms with Crippen molar-refractivity contribution >= 4 is 22.0 Å². The molecule has 0 aliphatic carbocycles. The van der Waals surface area contributed by atoms with Crippen LogP contribution in [-0.2, 0) is 0 Å². The number of hydrogen-bond acceptors (Lipinski definition) is 1. The number of nitrogens with zero attached hydrogens (tertiary/aromatic N) is 1. The van der Waals surface area contributed by atoms with Gasteiger partial charge in [0.05, 0.1) is 11.9 Å². The molecule has 0 atom stereocenters. The lowest BCUT2D eigenvalue weighted by Crippen LogP contribution is -2.21. The Kier molecular flexibility index (Phi) is 1.34.